The van der Waals surface area contributed by atoms with Crippen LogP contribution in [0, 0.1) is 23.7 Å². The Morgan fingerprint density at radius 3 is 2.38 bits per heavy atom. The fourth-order valence-corrected chi connectivity index (χ4v) is 2.03. The van der Waals surface area contributed by atoms with E-state index >= 15 is 0 Å². The molecule has 0 amide bonds. The highest BCUT2D eigenvalue weighted by Gasteiger charge is 2.12. The van der Waals surface area contributed by atoms with Crippen LogP contribution in [0.3, 0.4) is 0 Å². The smallest absolute Gasteiger partial charge is 0.341 e. The first-order chi connectivity index (χ1) is 11.7. The summed E-state index contributed by atoms with van der Waals surface area (Å²) in [6, 6.07) is 12.5. The molecule has 2 rings (SSSR count). The first kappa shape index (κ1) is 17.1. The van der Waals surface area contributed by atoms with Crippen LogP contribution in [0.25, 0.3) is 0 Å². The monoisotopic (exact) mass is 320 g/mol. The topological polar surface area (TPSA) is 55.8 Å². The summed E-state index contributed by atoms with van der Waals surface area (Å²) in [5.74, 6) is 11.5. The van der Waals surface area contributed by atoms with Crippen LogP contribution in [-0.4, -0.2) is 31.9 Å². The molecule has 0 aliphatic carbocycles. The van der Waals surface area contributed by atoms with Crippen molar-refractivity contribution in [2.75, 3.05) is 20.8 Å². The first-order valence-electron chi connectivity index (χ1n) is 7.16. The maximum absolute atomic E-state index is 11.8. The maximum Gasteiger partial charge on any atom is 0.341 e. The van der Waals surface area contributed by atoms with E-state index in [1.165, 1.54) is 14.2 Å². The lowest BCUT2D eigenvalue weighted by Gasteiger charge is -2.06. The number of ether oxygens (including phenoxy) is 2. The van der Waals surface area contributed by atoms with Crippen molar-refractivity contribution >= 4 is 5.97 Å². The van der Waals surface area contributed by atoms with Crippen LogP contribution < -0.4 is 4.74 Å². The lowest BCUT2D eigenvalue weighted by molar-refractivity contribution is 0.0597. The molecule has 4 nitrogen and oxygen atoms in total. The van der Waals surface area contributed by atoms with Crippen molar-refractivity contribution < 1.29 is 19.4 Å². The molecule has 0 spiro atoms. The van der Waals surface area contributed by atoms with Gasteiger partial charge in [0.15, 0.2) is 0 Å². The quantitative estimate of drug-likeness (QED) is 0.681. The van der Waals surface area contributed by atoms with Crippen LogP contribution in [-0.2, 0) is 4.74 Å². The summed E-state index contributed by atoms with van der Waals surface area (Å²) < 4.78 is 9.91. The van der Waals surface area contributed by atoms with E-state index in [9.17, 15) is 4.79 Å². The van der Waals surface area contributed by atoms with E-state index in [1.54, 1.807) is 18.2 Å². The molecule has 0 aliphatic rings. The van der Waals surface area contributed by atoms with E-state index in [0.717, 1.165) is 11.1 Å². The van der Waals surface area contributed by atoms with Crippen molar-refractivity contribution in [3.8, 4) is 29.4 Å². The molecule has 2 aromatic rings. The number of aliphatic hydroxyl groups is 1. The third-order valence-electron chi connectivity index (χ3n) is 3.18. The standard InChI is InChI=1S/C20H16O4/c1-23-19-12-10-15(14-18(19)20(22)24-2)9-11-17-7-4-3-6-16(17)8-5-13-21/h3-4,6-7,10,12,14,21H,13H2,1-2H3. The van der Waals surface area contributed by atoms with Crippen molar-refractivity contribution in [3.63, 3.8) is 0 Å². The van der Waals surface area contributed by atoms with E-state index in [-0.39, 0.29) is 6.61 Å². The van der Waals surface area contributed by atoms with Gasteiger partial charge < -0.3 is 14.6 Å². The number of aliphatic hydroxyl groups excluding tert-OH is 1. The zero-order valence-electron chi connectivity index (χ0n) is 13.4. The Morgan fingerprint density at radius 2 is 1.75 bits per heavy atom. The Balaban J connectivity index is 2.40. The van der Waals surface area contributed by atoms with Crippen molar-refractivity contribution in [1.82, 2.24) is 0 Å². The van der Waals surface area contributed by atoms with Gasteiger partial charge in [-0.25, -0.2) is 4.79 Å². The van der Waals surface area contributed by atoms with Crippen molar-refractivity contribution in [3.05, 3.63) is 64.7 Å². The van der Waals surface area contributed by atoms with E-state index < -0.39 is 5.97 Å². The van der Waals surface area contributed by atoms with Crippen LogP contribution in [0.15, 0.2) is 42.5 Å². The van der Waals surface area contributed by atoms with Crippen molar-refractivity contribution in [2.24, 2.45) is 0 Å². The fourth-order valence-electron chi connectivity index (χ4n) is 2.03. The van der Waals surface area contributed by atoms with E-state index in [4.69, 9.17) is 14.6 Å². The van der Waals surface area contributed by atoms with E-state index in [2.05, 4.69) is 23.7 Å². The second-order valence-corrected chi connectivity index (χ2v) is 4.66. The molecule has 0 radical (unpaired) electrons. The summed E-state index contributed by atoms with van der Waals surface area (Å²) >= 11 is 0. The lowest BCUT2D eigenvalue weighted by atomic mass is 10.1. The molecule has 0 heterocycles. The Hall–Kier alpha value is -3.21. The number of carbonyl (C=O) groups is 1. The molecule has 0 atom stereocenters. The number of hydrogen-bond donors (Lipinski definition) is 1. The molecule has 2 aromatic carbocycles. The molecule has 1 N–H and O–H groups in total. The molecular weight excluding hydrogens is 304 g/mol. The third-order valence-corrected chi connectivity index (χ3v) is 3.18. The minimum absolute atomic E-state index is 0.206. The summed E-state index contributed by atoms with van der Waals surface area (Å²) in [5, 5.41) is 8.82. The molecule has 24 heavy (non-hydrogen) atoms. The predicted molar refractivity (Wildman–Crippen MR) is 90.7 cm³/mol. The molecule has 0 bridgehead atoms. The normalized spacial score (nSPS) is 9.12. The van der Waals surface area contributed by atoms with Gasteiger partial charge in [-0.05, 0) is 30.3 Å². The average molecular weight is 320 g/mol. The second-order valence-electron chi connectivity index (χ2n) is 4.66. The van der Waals surface area contributed by atoms with Gasteiger partial charge in [-0.15, -0.1) is 0 Å². The number of hydrogen-bond acceptors (Lipinski definition) is 4. The van der Waals surface area contributed by atoms with Gasteiger partial charge >= 0.3 is 5.97 Å². The Labute approximate surface area is 141 Å². The van der Waals surface area contributed by atoms with E-state index in [0.29, 0.717) is 16.9 Å². The molecule has 0 saturated carbocycles. The van der Waals surface area contributed by atoms with Gasteiger partial charge in [0, 0.05) is 16.7 Å². The highest BCUT2D eigenvalue weighted by atomic mass is 16.5. The Kier molecular flexibility index (Phi) is 6.02. The number of carbonyl (C=O) groups excluding carboxylic acids is 1. The molecule has 0 aromatic heterocycles. The van der Waals surface area contributed by atoms with Gasteiger partial charge in [0.2, 0.25) is 0 Å². The number of benzene rings is 2. The summed E-state index contributed by atoms with van der Waals surface area (Å²) in [5.41, 5.74) is 2.45. The fraction of sp³-hybridized carbons (Fsp3) is 0.150. The summed E-state index contributed by atoms with van der Waals surface area (Å²) in [6.07, 6.45) is 0. The molecular formula is C20H16O4. The van der Waals surface area contributed by atoms with Crippen LogP contribution in [0.1, 0.15) is 27.0 Å². The molecule has 120 valence electrons. The summed E-state index contributed by atoms with van der Waals surface area (Å²) in [4.78, 5) is 11.8. The number of methoxy groups -OCH3 is 2. The SMILES string of the molecule is COC(=O)c1cc(C#Cc2ccccc2C#CCO)ccc1OC. The lowest BCUT2D eigenvalue weighted by Crippen LogP contribution is -2.04. The maximum atomic E-state index is 11.8. The summed E-state index contributed by atoms with van der Waals surface area (Å²) in [6.45, 7) is -0.206. The highest BCUT2D eigenvalue weighted by Crippen LogP contribution is 2.20. The molecule has 0 fully saturated rings. The Morgan fingerprint density at radius 1 is 1.04 bits per heavy atom. The zero-order valence-corrected chi connectivity index (χ0v) is 13.4. The van der Waals surface area contributed by atoms with Gasteiger partial charge in [-0.1, -0.05) is 35.8 Å². The zero-order chi connectivity index (χ0) is 17.4. The van der Waals surface area contributed by atoms with Gasteiger partial charge in [0.05, 0.1) is 14.2 Å². The van der Waals surface area contributed by atoms with Crippen molar-refractivity contribution in [2.45, 2.75) is 0 Å². The second kappa shape index (κ2) is 8.43. The number of esters is 1. The van der Waals surface area contributed by atoms with Crippen LogP contribution in [0.4, 0.5) is 0 Å². The average Bonchev–Trinajstić information content (AvgIpc) is 2.64. The number of rotatable bonds is 2. The van der Waals surface area contributed by atoms with Crippen molar-refractivity contribution in [1.29, 1.82) is 0 Å². The minimum atomic E-state index is -0.482. The van der Waals surface area contributed by atoms with E-state index in [1.807, 2.05) is 24.3 Å². The highest BCUT2D eigenvalue weighted by molar-refractivity contribution is 5.92. The third kappa shape index (κ3) is 4.16. The van der Waals surface area contributed by atoms with Gasteiger partial charge in [-0.3, -0.25) is 0 Å². The van der Waals surface area contributed by atoms with Crippen LogP contribution in [0.2, 0.25) is 0 Å². The Bertz CT molecular complexity index is 860. The molecule has 0 unspecified atom stereocenters. The largest absolute Gasteiger partial charge is 0.496 e. The molecule has 0 aliphatic heterocycles. The minimum Gasteiger partial charge on any atom is -0.496 e. The predicted octanol–water partition coefficient (Wildman–Crippen LogP) is 2.23. The molecule has 0 saturated heterocycles. The van der Waals surface area contributed by atoms with Gasteiger partial charge in [-0.2, -0.15) is 0 Å². The van der Waals surface area contributed by atoms with Crippen LogP contribution >= 0.6 is 0 Å². The summed E-state index contributed by atoms with van der Waals surface area (Å²) in [7, 11) is 2.80. The van der Waals surface area contributed by atoms with Gasteiger partial charge in [0.1, 0.15) is 17.9 Å². The van der Waals surface area contributed by atoms with Gasteiger partial charge in [0.25, 0.3) is 0 Å². The molecule has 4 heteroatoms. The van der Waals surface area contributed by atoms with Crippen LogP contribution in [0.5, 0.6) is 5.75 Å². The first-order valence-corrected chi connectivity index (χ1v) is 7.16.